The average molecular weight is 637 g/mol. The number of carbonyl (C=O) groups excluding carboxylic acids is 1. The van der Waals surface area contributed by atoms with Crippen molar-refractivity contribution in [3.05, 3.63) is 88.6 Å². The third kappa shape index (κ3) is 7.44. The van der Waals surface area contributed by atoms with Gasteiger partial charge >= 0.3 is 0 Å². The van der Waals surface area contributed by atoms with Crippen molar-refractivity contribution < 1.29 is 9.53 Å². The number of ether oxygens (including phenoxy) is 1. The smallest absolute Gasteiger partial charge is 0.262 e. The summed E-state index contributed by atoms with van der Waals surface area (Å²) in [5, 5.41) is 7.30. The second kappa shape index (κ2) is 13.8. The number of aromatic nitrogens is 3. The molecule has 1 aliphatic heterocycles. The summed E-state index contributed by atoms with van der Waals surface area (Å²) in [4.78, 5) is 34.5. The number of nitrogens with zero attached hydrogens (tertiary/aromatic N) is 6. The number of amides is 1. The third-order valence-electron chi connectivity index (χ3n) is 8.12. The fourth-order valence-corrected chi connectivity index (χ4v) is 6.31. The standard InChI is InChI=1S/C35H40N8O2S/c1-23-7-6-8-24(2)32(23)39-33(44)29-22-36-35(40-34(29)45-28-13-14-31-30(21-28)37-25(3)46-31)38-26-9-11-27(12-10-26)43-19-17-42(18-20-43)16-15-41(4)5/h6-14,21-22H,15-20H2,1-5H3,(H,39,44)(H,36,38,40). The topological polar surface area (TPSA) is 98.8 Å². The van der Waals surface area contributed by atoms with Crippen LogP contribution in [0.5, 0.6) is 11.6 Å². The molecular formula is C35H40N8O2S. The van der Waals surface area contributed by atoms with Crippen LogP contribution in [-0.4, -0.2) is 84.0 Å². The van der Waals surface area contributed by atoms with Crippen LogP contribution in [0.1, 0.15) is 26.5 Å². The van der Waals surface area contributed by atoms with Crippen molar-refractivity contribution in [2.45, 2.75) is 20.8 Å². The van der Waals surface area contributed by atoms with E-state index in [1.54, 1.807) is 11.3 Å². The van der Waals surface area contributed by atoms with E-state index < -0.39 is 0 Å². The van der Waals surface area contributed by atoms with E-state index in [9.17, 15) is 4.79 Å². The lowest BCUT2D eigenvalue weighted by atomic mass is 10.1. The molecule has 0 aliphatic carbocycles. The molecule has 5 aromatic rings. The first-order chi connectivity index (χ1) is 22.2. The van der Waals surface area contributed by atoms with E-state index in [4.69, 9.17) is 4.74 Å². The molecule has 1 aliphatic rings. The van der Waals surface area contributed by atoms with Crippen LogP contribution in [0.2, 0.25) is 0 Å². The Morgan fingerprint density at radius 1 is 0.957 bits per heavy atom. The van der Waals surface area contributed by atoms with E-state index in [0.29, 0.717) is 11.7 Å². The summed E-state index contributed by atoms with van der Waals surface area (Å²) in [6, 6.07) is 19.9. The molecule has 6 rings (SSSR count). The molecule has 0 unspecified atom stereocenters. The second-order valence-electron chi connectivity index (χ2n) is 11.9. The Hall–Kier alpha value is -4.58. The van der Waals surface area contributed by atoms with Crippen LogP contribution in [0.4, 0.5) is 23.0 Å². The number of piperazine rings is 1. The molecule has 3 heterocycles. The lowest BCUT2D eigenvalue weighted by molar-refractivity contribution is 0.102. The van der Waals surface area contributed by atoms with E-state index in [0.717, 1.165) is 77.0 Å². The molecule has 0 saturated carbocycles. The minimum Gasteiger partial charge on any atom is -0.438 e. The lowest BCUT2D eigenvalue weighted by Crippen LogP contribution is -2.48. The van der Waals surface area contributed by atoms with Crippen LogP contribution in [0.25, 0.3) is 10.2 Å². The summed E-state index contributed by atoms with van der Waals surface area (Å²) in [7, 11) is 4.24. The predicted molar refractivity (Wildman–Crippen MR) is 187 cm³/mol. The van der Waals surface area contributed by atoms with Crippen molar-refractivity contribution in [2.24, 2.45) is 0 Å². The van der Waals surface area contributed by atoms with E-state index in [-0.39, 0.29) is 17.4 Å². The molecular weight excluding hydrogens is 597 g/mol. The molecule has 238 valence electrons. The van der Waals surface area contributed by atoms with Crippen molar-refractivity contribution in [1.29, 1.82) is 0 Å². The van der Waals surface area contributed by atoms with Crippen molar-refractivity contribution in [3.8, 4) is 11.6 Å². The Labute approximate surface area is 274 Å². The Balaban J connectivity index is 1.20. The second-order valence-corrected chi connectivity index (χ2v) is 13.1. The van der Waals surface area contributed by atoms with Crippen LogP contribution >= 0.6 is 11.3 Å². The van der Waals surface area contributed by atoms with Gasteiger partial charge in [0.05, 0.1) is 15.2 Å². The number of fused-ring (bicyclic) bond motifs is 1. The van der Waals surface area contributed by atoms with E-state index in [1.165, 1.54) is 11.9 Å². The van der Waals surface area contributed by atoms with Gasteiger partial charge in [0.1, 0.15) is 11.3 Å². The maximum absolute atomic E-state index is 13.6. The molecule has 0 radical (unpaired) electrons. The van der Waals surface area contributed by atoms with Gasteiger partial charge in [0.15, 0.2) is 0 Å². The summed E-state index contributed by atoms with van der Waals surface area (Å²) < 4.78 is 7.33. The maximum Gasteiger partial charge on any atom is 0.262 e. The van der Waals surface area contributed by atoms with Gasteiger partial charge in [-0.3, -0.25) is 9.69 Å². The molecule has 1 saturated heterocycles. The molecule has 0 bridgehead atoms. The zero-order valence-electron chi connectivity index (χ0n) is 27.0. The molecule has 10 nitrogen and oxygen atoms in total. The number of thiazole rings is 1. The van der Waals surface area contributed by atoms with E-state index in [2.05, 4.69) is 66.5 Å². The fourth-order valence-electron chi connectivity index (χ4n) is 5.51. The summed E-state index contributed by atoms with van der Waals surface area (Å²) in [6.07, 6.45) is 1.50. The zero-order chi connectivity index (χ0) is 32.2. The highest BCUT2D eigenvalue weighted by Gasteiger charge is 2.20. The number of hydrogen-bond acceptors (Lipinski definition) is 10. The number of nitrogens with one attached hydrogen (secondary N) is 2. The highest BCUT2D eigenvalue weighted by molar-refractivity contribution is 7.18. The van der Waals surface area contributed by atoms with Gasteiger partial charge in [-0.1, -0.05) is 18.2 Å². The molecule has 0 spiro atoms. The van der Waals surface area contributed by atoms with Crippen LogP contribution in [-0.2, 0) is 0 Å². The zero-order valence-corrected chi connectivity index (χ0v) is 27.8. The first-order valence-corrected chi connectivity index (χ1v) is 16.3. The minimum atomic E-state index is -0.351. The monoisotopic (exact) mass is 636 g/mol. The molecule has 0 atom stereocenters. The van der Waals surface area contributed by atoms with Gasteiger partial charge in [-0.2, -0.15) is 4.98 Å². The van der Waals surface area contributed by atoms with E-state index in [1.807, 2.05) is 69.3 Å². The highest BCUT2D eigenvalue weighted by Crippen LogP contribution is 2.31. The van der Waals surface area contributed by atoms with Gasteiger partial charge in [-0.15, -0.1) is 11.3 Å². The van der Waals surface area contributed by atoms with Gasteiger partial charge < -0.3 is 25.2 Å². The molecule has 1 fully saturated rings. The number of aryl methyl sites for hydroxylation is 3. The van der Waals surface area contributed by atoms with Crippen LogP contribution in [0.15, 0.2) is 66.9 Å². The van der Waals surface area contributed by atoms with Crippen LogP contribution in [0.3, 0.4) is 0 Å². The predicted octanol–water partition coefficient (Wildman–Crippen LogP) is 6.48. The average Bonchev–Trinajstić information content (AvgIpc) is 3.42. The van der Waals surface area contributed by atoms with Crippen LogP contribution in [0, 0.1) is 20.8 Å². The van der Waals surface area contributed by atoms with E-state index >= 15 is 0 Å². The van der Waals surface area contributed by atoms with Gasteiger partial charge in [0.2, 0.25) is 11.8 Å². The van der Waals surface area contributed by atoms with Crippen molar-refractivity contribution >= 4 is 50.5 Å². The number of hydrogen-bond donors (Lipinski definition) is 2. The van der Waals surface area contributed by atoms with Gasteiger partial charge in [0.25, 0.3) is 5.91 Å². The fraction of sp³-hybridized carbons (Fsp3) is 0.314. The Morgan fingerprint density at radius 3 is 2.41 bits per heavy atom. The molecule has 2 N–H and O–H groups in total. The number of anilines is 4. The minimum absolute atomic E-state index is 0.149. The Morgan fingerprint density at radius 2 is 1.70 bits per heavy atom. The Kier molecular flexibility index (Phi) is 9.43. The Bertz CT molecular complexity index is 1810. The molecule has 2 aromatic heterocycles. The number of likely N-dealkylation sites (N-methyl/N-ethyl adjacent to an activating group) is 1. The third-order valence-corrected chi connectivity index (χ3v) is 9.07. The lowest BCUT2D eigenvalue weighted by Gasteiger charge is -2.36. The summed E-state index contributed by atoms with van der Waals surface area (Å²) in [5.41, 5.74) is 5.78. The number of rotatable bonds is 10. The molecule has 1 amide bonds. The number of carbonyl (C=O) groups is 1. The first kappa shape index (κ1) is 31.4. The summed E-state index contributed by atoms with van der Waals surface area (Å²) >= 11 is 1.62. The maximum atomic E-state index is 13.6. The van der Waals surface area contributed by atoms with Gasteiger partial charge in [0, 0.05) is 68.6 Å². The summed E-state index contributed by atoms with van der Waals surface area (Å²) in [5.74, 6) is 0.660. The van der Waals surface area contributed by atoms with Crippen molar-refractivity contribution in [1.82, 2.24) is 24.8 Å². The van der Waals surface area contributed by atoms with Gasteiger partial charge in [-0.05, 0) is 82.4 Å². The number of para-hydroxylation sites is 1. The van der Waals surface area contributed by atoms with Crippen LogP contribution < -0.4 is 20.3 Å². The largest absolute Gasteiger partial charge is 0.438 e. The summed E-state index contributed by atoms with van der Waals surface area (Å²) in [6.45, 7) is 12.2. The SMILES string of the molecule is Cc1nc2cc(Oc3nc(Nc4ccc(N5CCN(CCN(C)C)CC5)cc4)ncc3C(=O)Nc3c(C)cccc3C)ccc2s1. The molecule has 11 heteroatoms. The van der Waals surface area contributed by atoms with Crippen molar-refractivity contribution in [2.75, 3.05) is 68.9 Å². The normalized spacial score (nSPS) is 13.7. The van der Waals surface area contributed by atoms with Crippen molar-refractivity contribution in [3.63, 3.8) is 0 Å². The number of benzene rings is 3. The first-order valence-electron chi connectivity index (χ1n) is 15.5. The highest BCUT2D eigenvalue weighted by atomic mass is 32.1. The quantitative estimate of drug-likeness (QED) is 0.178. The molecule has 3 aromatic carbocycles. The molecule has 46 heavy (non-hydrogen) atoms. The van der Waals surface area contributed by atoms with Gasteiger partial charge in [-0.25, -0.2) is 9.97 Å².